The van der Waals surface area contributed by atoms with Crippen LogP contribution in [0.4, 0.5) is 0 Å². The Morgan fingerprint density at radius 3 is 2.47 bits per heavy atom. The van der Waals surface area contributed by atoms with E-state index < -0.39 is 27.4 Å². The molecule has 7 nitrogen and oxygen atoms in total. The monoisotopic (exact) mass is 528 g/mol. The predicted molar refractivity (Wildman–Crippen MR) is 134 cm³/mol. The summed E-state index contributed by atoms with van der Waals surface area (Å²) in [5.74, 6) is -0.595. The maximum Gasteiger partial charge on any atom is 0.272 e. The van der Waals surface area contributed by atoms with E-state index in [-0.39, 0.29) is 30.3 Å². The number of hydrogen-bond acceptors (Lipinski definition) is 5. The van der Waals surface area contributed by atoms with E-state index in [0.717, 1.165) is 37.8 Å². The molecule has 0 bridgehead atoms. The van der Waals surface area contributed by atoms with Gasteiger partial charge in [0, 0.05) is 16.5 Å². The molecule has 0 spiro atoms. The van der Waals surface area contributed by atoms with Crippen molar-refractivity contribution in [2.45, 2.75) is 61.8 Å². The van der Waals surface area contributed by atoms with Crippen molar-refractivity contribution in [1.29, 1.82) is 0 Å². The van der Waals surface area contributed by atoms with E-state index in [9.17, 15) is 17.8 Å². The third-order valence-electron chi connectivity index (χ3n) is 7.05. The molecule has 34 heavy (non-hydrogen) atoms. The SMILES string of the molecule is CCC(C(Oc1ccc2c(c1)C(C1(c3ccc(Cl)cc3)CCC1)NCC2)C(N)=O)S(=O)(=O)O.Cl. The van der Waals surface area contributed by atoms with Crippen molar-refractivity contribution >= 4 is 40.0 Å². The van der Waals surface area contributed by atoms with Crippen LogP contribution in [-0.4, -0.2) is 36.8 Å². The quantitative estimate of drug-likeness (QED) is 0.446. The molecule has 1 aliphatic heterocycles. The zero-order valence-corrected chi connectivity index (χ0v) is 21.3. The number of primary amides is 1. The Morgan fingerprint density at radius 2 is 1.94 bits per heavy atom. The molecule has 0 saturated heterocycles. The van der Waals surface area contributed by atoms with Crippen molar-refractivity contribution in [2.75, 3.05) is 6.54 Å². The average Bonchev–Trinajstić information content (AvgIpc) is 2.73. The number of nitrogens with one attached hydrogen (secondary N) is 1. The molecular weight excluding hydrogens is 499 g/mol. The molecule has 186 valence electrons. The van der Waals surface area contributed by atoms with Gasteiger partial charge in [0.25, 0.3) is 16.0 Å². The fourth-order valence-electron chi connectivity index (χ4n) is 5.23. The number of rotatable bonds is 8. The number of hydrogen-bond donors (Lipinski definition) is 3. The Bertz CT molecular complexity index is 1140. The number of carbonyl (C=O) groups excluding carboxylic acids is 1. The fraction of sp³-hybridized carbons (Fsp3) is 0.458. The third kappa shape index (κ3) is 5.06. The predicted octanol–water partition coefficient (Wildman–Crippen LogP) is 3.97. The van der Waals surface area contributed by atoms with Crippen LogP contribution < -0.4 is 15.8 Å². The van der Waals surface area contributed by atoms with Crippen LogP contribution in [0, 0.1) is 0 Å². The summed E-state index contributed by atoms with van der Waals surface area (Å²) >= 11 is 6.12. The van der Waals surface area contributed by atoms with Crippen molar-refractivity contribution in [2.24, 2.45) is 5.73 Å². The van der Waals surface area contributed by atoms with Crippen LogP contribution in [0.5, 0.6) is 5.75 Å². The largest absolute Gasteiger partial charge is 0.479 e. The van der Waals surface area contributed by atoms with Crippen LogP contribution in [-0.2, 0) is 26.7 Å². The van der Waals surface area contributed by atoms with Gasteiger partial charge < -0.3 is 15.8 Å². The molecule has 1 amide bonds. The van der Waals surface area contributed by atoms with Gasteiger partial charge in [0.05, 0.1) is 0 Å². The average molecular weight is 529 g/mol. The minimum absolute atomic E-state index is 0. The molecule has 2 aromatic rings. The first-order chi connectivity index (χ1) is 15.7. The molecule has 0 radical (unpaired) electrons. The molecule has 1 heterocycles. The van der Waals surface area contributed by atoms with Gasteiger partial charge in [-0.2, -0.15) is 8.42 Å². The molecule has 4 rings (SSSR count). The number of fused-ring (bicyclic) bond motifs is 1. The number of carbonyl (C=O) groups is 1. The number of amides is 1. The number of nitrogens with two attached hydrogens (primary N) is 1. The summed E-state index contributed by atoms with van der Waals surface area (Å²) in [6, 6.07) is 13.6. The highest BCUT2D eigenvalue weighted by Gasteiger charge is 2.47. The summed E-state index contributed by atoms with van der Waals surface area (Å²) in [6.07, 6.45) is 2.53. The highest BCUT2D eigenvalue weighted by Crippen LogP contribution is 2.53. The van der Waals surface area contributed by atoms with E-state index in [0.29, 0.717) is 10.8 Å². The minimum Gasteiger partial charge on any atom is -0.479 e. The smallest absolute Gasteiger partial charge is 0.272 e. The summed E-state index contributed by atoms with van der Waals surface area (Å²) in [4.78, 5) is 12.0. The molecule has 0 aromatic heterocycles. The van der Waals surface area contributed by atoms with Gasteiger partial charge >= 0.3 is 0 Å². The second kappa shape index (κ2) is 10.4. The number of benzene rings is 2. The van der Waals surface area contributed by atoms with E-state index in [2.05, 4.69) is 17.4 Å². The van der Waals surface area contributed by atoms with Gasteiger partial charge in [-0.05, 0) is 73.2 Å². The van der Waals surface area contributed by atoms with Crippen LogP contribution in [0.25, 0.3) is 0 Å². The summed E-state index contributed by atoms with van der Waals surface area (Å²) in [6.45, 7) is 2.40. The Hall–Kier alpha value is -1.84. The molecule has 4 N–H and O–H groups in total. The van der Waals surface area contributed by atoms with E-state index >= 15 is 0 Å². The molecule has 1 saturated carbocycles. The normalized spacial score (nSPS) is 20.7. The van der Waals surface area contributed by atoms with E-state index in [1.54, 1.807) is 13.0 Å². The van der Waals surface area contributed by atoms with Gasteiger partial charge in [-0.3, -0.25) is 9.35 Å². The second-order valence-corrected chi connectivity index (χ2v) is 11.0. The Balaban J connectivity index is 0.00000324. The Kier molecular flexibility index (Phi) is 8.20. The molecule has 3 atom stereocenters. The molecule has 10 heteroatoms. The highest BCUT2D eigenvalue weighted by molar-refractivity contribution is 7.86. The molecule has 2 aliphatic rings. The maximum absolute atomic E-state index is 12.0. The van der Waals surface area contributed by atoms with Crippen molar-refractivity contribution in [1.82, 2.24) is 5.32 Å². The molecule has 2 aromatic carbocycles. The van der Waals surface area contributed by atoms with E-state index in [1.165, 1.54) is 11.1 Å². The lowest BCUT2D eigenvalue weighted by Crippen LogP contribution is -2.49. The van der Waals surface area contributed by atoms with Crippen molar-refractivity contribution < 1.29 is 22.5 Å². The molecule has 1 fully saturated rings. The van der Waals surface area contributed by atoms with Gasteiger partial charge in [0.1, 0.15) is 11.0 Å². The molecule has 1 aliphatic carbocycles. The standard InChI is InChI=1S/C24H29ClN2O5S.ClH/c1-2-20(33(29,30)31)21(23(26)28)32-18-9-4-15-10-13-27-22(19(15)14-18)24(11-3-12-24)16-5-7-17(25)8-6-16;/h4-9,14,20-22,27H,2-3,10-13H2,1H3,(H2,26,28)(H,29,30,31);1H. The Labute approximate surface area is 211 Å². The minimum atomic E-state index is -4.51. The zero-order chi connectivity index (χ0) is 23.8. The number of halogens is 2. The van der Waals surface area contributed by atoms with Crippen molar-refractivity contribution in [3.63, 3.8) is 0 Å². The van der Waals surface area contributed by atoms with Crippen LogP contribution in [0.3, 0.4) is 0 Å². The van der Waals surface area contributed by atoms with Crippen LogP contribution >= 0.6 is 24.0 Å². The van der Waals surface area contributed by atoms with Gasteiger partial charge in [-0.15, -0.1) is 12.4 Å². The first-order valence-corrected chi connectivity index (χ1v) is 13.1. The maximum atomic E-state index is 12.0. The first-order valence-electron chi connectivity index (χ1n) is 11.2. The second-order valence-electron chi connectivity index (χ2n) is 8.92. The lowest BCUT2D eigenvalue weighted by atomic mass is 9.58. The third-order valence-corrected chi connectivity index (χ3v) is 8.65. The van der Waals surface area contributed by atoms with Crippen molar-refractivity contribution in [3.05, 3.63) is 64.2 Å². The lowest BCUT2D eigenvalue weighted by Gasteiger charge is -2.50. The highest BCUT2D eigenvalue weighted by atomic mass is 35.5. The fourth-order valence-corrected chi connectivity index (χ4v) is 6.27. The van der Waals surface area contributed by atoms with Gasteiger partial charge in [-0.25, -0.2) is 0 Å². The van der Waals surface area contributed by atoms with Crippen molar-refractivity contribution in [3.8, 4) is 5.75 Å². The van der Waals surface area contributed by atoms with Crippen LogP contribution in [0.15, 0.2) is 42.5 Å². The van der Waals surface area contributed by atoms with Crippen LogP contribution in [0.2, 0.25) is 5.02 Å². The molecular formula is C24H30Cl2N2O5S. The van der Waals surface area contributed by atoms with Crippen LogP contribution in [0.1, 0.15) is 55.3 Å². The van der Waals surface area contributed by atoms with E-state index in [1.807, 2.05) is 24.3 Å². The van der Waals surface area contributed by atoms with Gasteiger partial charge in [0.2, 0.25) is 0 Å². The summed E-state index contributed by atoms with van der Waals surface area (Å²) in [5, 5.41) is 2.94. The topological polar surface area (TPSA) is 119 Å². The summed E-state index contributed by atoms with van der Waals surface area (Å²) in [5.41, 5.74) is 8.84. The summed E-state index contributed by atoms with van der Waals surface area (Å²) < 4.78 is 38.9. The van der Waals surface area contributed by atoms with E-state index in [4.69, 9.17) is 22.1 Å². The van der Waals surface area contributed by atoms with Gasteiger partial charge in [-0.1, -0.05) is 43.1 Å². The lowest BCUT2D eigenvalue weighted by molar-refractivity contribution is -0.124. The molecule has 3 unspecified atom stereocenters. The van der Waals surface area contributed by atoms with Gasteiger partial charge in [0.15, 0.2) is 6.10 Å². The first kappa shape index (κ1) is 26.8. The zero-order valence-electron chi connectivity index (χ0n) is 18.9. The number of ether oxygens (including phenoxy) is 1. The summed E-state index contributed by atoms with van der Waals surface area (Å²) in [7, 11) is -4.51. The Morgan fingerprint density at radius 1 is 1.26 bits per heavy atom.